The molecule has 4 aromatic rings. The molecule has 0 atom stereocenters. The molecule has 0 amide bonds. The number of anilines is 3. The Labute approximate surface area is 167 Å². The van der Waals surface area contributed by atoms with Gasteiger partial charge < -0.3 is 4.90 Å². The van der Waals surface area contributed by atoms with Crippen molar-refractivity contribution in [1.29, 1.82) is 0 Å². The van der Waals surface area contributed by atoms with E-state index < -0.39 is 0 Å². The lowest BCUT2D eigenvalue weighted by atomic mass is 10.1. The van der Waals surface area contributed by atoms with Gasteiger partial charge in [-0.05, 0) is 48.0 Å². The first-order valence-electron chi connectivity index (χ1n) is 8.85. The molecule has 0 bridgehead atoms. The van der Waals surface area contributed by atoms with Gasteiger partial charge in [-0.1, -0.05) is 48.5 Å². The lowest BCUT2D eigenvalue weighted by Gasteiger charge is -2.25. The summed E-state index contributed by atoms with van der Waals surface area (Å²) in [6.45, 7) is 0. The minimum absolute atomic E-state index is 0.439. The monoisotopic (exact) mass is 383 g/mol. The lowest BCUT2D eigenvalue weighted by Crippen LogP contribution is -2.09. The van der Waals surface area contributed by atoms with E-state index in [-0.39, 0.29) is 0 Å². The highest BCUT2D eigenvalue weighted by atomic mass is 32.1. The number of carbonyl (C=O) groups is 2. The Hall–Kier alpha value is -3.50. The first-order valence-corrected chi connectivity index (χ1v) is 9.66. The number of rotatable bonds is 6. The van der Waals surface area contributed by atoms with Crippen molar-refractivity contribution in [3.05, 3.63) is 101 Å². The first-order chi connectivity index (χ1) is 13.8. The predicted octanol–water partition coefficient (Wildman–Crippen LogP) is 6.51. The van der Waals surface area contributed by atoms with E-state index in [0.717, 1.165) is 40.1 Å². The number of para-hydroxylation sites is 2. The SMILES string of the molecule is O=Cc1cc(-c2ccc(N(c3ccccc3)c3ccccc3)cc2)sc1C=O. The van der Waals surface area contributed by atoms with Crippen molar-refractivity contribution in [3.8, 4) is 10.4 Å². The third kappa shape index (κ3) is 3.50. The Kier molecular flexibility index (Phi) is 5.13. The zero-order valence-corrected chi connectivity index (χ0v) is 15.8. The maximum Gasteiger partial charge on any atom is 0.160 e. The van der Waals surface area contributed by atoms with Crippen molar-refractivity contribution in [1.82, 2.24) is 0 Å². The van der Waals surface area contributed by atoms with Crippen LogP contribution in [0.3, 0.4) is 0 Å². The molecule has 0 aliphatic carbocycles. The van der Waals surface area contributed by atoms with Crippen molar-refractivity contribution in [2.24, 2.45) is 0 Å². The first kappa shape index (κ1) is 17.9. The molecule has 0 saturated heterocycles. The standard InChI is InChI=1S/C24H17NO2S/c26-16-19-15-23(28-24(19)17-27)18-11-13-22(14-12-18)25(20-7-3-1-4-8-20)21-9-5-2-6-10-21/h1-17H. The molecule has 1 heterocycles. The molecule has 0 saturated carbocycles. The van der Waals surface area contributed by atoms with Gasteiger partial charge in [-0.2, -0.15) is 0 Å². The lowest BCUT2D eigenvalue weighted by molar-refractivity contribution is 0.109. The largest absolute Gasteiger partial charge is 0.311 e. The second-order valence-electron chi connectivity index (χ2n) is 6.22. The van der Waals surface area contributed by atoms with Crippen molar-refractivity contribution in [2.45, 2.75) is 0 Å². The maximum absolute atomic E-state index is 11.1. The summed E-state index contributed by atoms with van der Waals surface area (Å²) < 4.78 is 0. The van der Waals surface area contributed by atoms with Crippen molar-refractivity contribution >= 4 is 41.0 Å². The Morgan fingerprint density at radius 1 is 0.643 bits per heavy atom. The second-order valence-corrected chi connectivity index (χ2v) is 7.30. The summed E-state index contributed by atoms with van der Waals surface area (Å²) in [5.41, 5.74) is 4.59. The minimum Gasteiger partial charge on any atom is -0.311 e. The van der Waals surface area contributed by atoms with Crippen molar-refractivity contribution in [3.63, 3.8) is 0 Å². The Morgan fingerprint density at radius 3 is 1.64 bits per heavy atom. The quantitative estimate of drug-likeness (QED) is 0.356. The summed E-state index contributed by atoms with van der Waals surface area (Å²) in [4.78, 5) is 25.8. The number of aldehydes is 2. The van der Waals surface area contributed by atoms with E-state index in [1.165, 1.54) is 11.3 Å². The predicted molar refractivity (Wildman–Crippen MR) is 115 cm³/mol. The number of carbonyl (C=O) groups excluding carboxylic acids is 2. The van der Waals surface area contributed by atoms with Crippen LogP contribution in [0.2, 0.25) is 0 Å². The number of thiophene rings is 1. The van der Waals surface area contributed by atoms with Crippen molar-refractivity contribution in [2.75, 3.05) is 4.90 Å². The van der Waals surface area contributed by atoms with E-state index in [0.29, 0.717) is 10.4 Å². The highest BCUT2D eigenvalue weighted by molar-refractivity contribution is 7.17. The fraction of sp³-hybridized carbons (Fsp3) is 0. The summed E-state index contributed by atoms with van der Waals surface area (Å²) in [6, 6.07) is 30.3. The summed E-state index contributed by atoms with van der Waals surface area (Å²) in [5, 5.41) is 0. The van der Waals surface area contributed by atoms with E-state index in [4.69, 9.17) is 0 Å². The topological polar surface area (TPSA) is 37.4 Å². The van der Waals surface area contributed by atoms with Gasteiger partial charge in [0.15, 0.2) is 12.6 Å². The van der Waals surface area contributed by atoms with Gasteiger partial charge >= 0.3 is 0 Å². The van der Waals surface area contributed by atoms with Gasteiger partial charge in [0.1, 0.15) is 0 Å². The molecule has 0 spiro atoms. The minimum atomic E-state index is 0.439. The fourth-order valence-electron chi connectivity index (χ4n) is 3.12. The van der Waals surface area contributed by atoms with Crippen LogP contribution < -0.4 is 4.90 Å². The average Bonchev–Trinajstić information content (AvgIpc) is 3.19. The van der Waals surface area contributed by atoms with Gasteiger partial charge in [0.05, 0.1) is 4.88 Å². The number of hydrogen-bond donors (Lipinski definition) is 0. The van der Waals surface area contributed by atoms with Crippen LogP contribution in [0, 0.1) is 0 Å². The van der Waals surface area contributed by atoms with Crippen LogP contribution in [0.15, 0.2) is 91.0 Å². The van der Waals surface area contributed by atoms with Crippen LogP contribution >= 0.6 is 11.3 Å². The smallest absolute Gasteiger partial charge is 0.160 e. The Balaban J connectivity index is 1.74. The Bertz CT molecular complexity index is 1020. The van der Waals surface area contributed by atoms with Gasteiger partial charge in [0.2, 0.25) is 0 Å². The summed E-state index contributed by atoms with van der Waals surface area (Å²) in [5.74, 6) is 0. The molecule has 4 heteroatoms. The zero-order valence-electron chi connectivity index (χ0n) is 15.0. The van der Waals surface area contributed by atoms with Crippen LogP contribution in [-0.2, 0) is 0 Å². The van der Waals surface area contributed by atoms with E-state index >= 15 is 0 Å². The third-order valence-electron chi connectivity index (χ3n) is 4.46. The number of hydrogen-bond acceptors (Lipinski definition) is 4. The van der Waals surface area contributed by atoms with Gasteiger partial charge in [-0.15, -0.1) is 11.3 Å². The molecule has 1 aromatic heterocycles. The fourth-order valence-corrected chi connectivity index (χ4v) is 4.07. The van der Waals surface area contributed by atoms with Crippen LogP contribution in [0.25, 0.3) is 10.4 Å². The van der Waals surface area contributed by atoms with E-state index in [1.807, 2.05) is 48.5 Å². The van der Waals surface area contributed by atoms with Crippen LogP contribution in [0.1, 0.15) is 20.0 Å². The molecule has 0 aliphatic heterocycles. The normalized spacial score (nSPS) is 10.4. The number of benzene rings is 3. The molecular formula is C24H17NO2S. The van der Waals surface area contributed by atoms with Crippen LogP contribution in [-0.4, -0.2) is 12.6 Å². The molecule has 0 unspecified atom stereocenters. The molecular weight excluding hydrogens is 366 g/mol. The molecule has 28 heavy (non-hydrogen) atoms. The van der Waals surface area contributed by atoms with Crippen LogP contribution in [0.5, 0.6) is 0 Å². The molecule has 4 rings (SSSR count). The second kappa shape index (κ2) is 8.03. The third-order valence-corrected chi connectivity index (χ3v) is 5.59. The van der Waals surface area contributed by atoms with E-state index in [9.17, 15) is 9.59 Å². The van der Waals surface area contributed by atoms with E-state index in [1.54, 1.807) is 6.07 Å². The maximum atomic E-state index is 11.1. The molecule has 0 N–H and O–H groups in total. The highest BCUT2D eigenvalue weighted by Crippen LogP contribution is 2.36. The molecule has 0 aliphatic rings. The Morgan fingerprint density at radius 2 is 1.18 bits per heavy atom. The molecule has 136 valence electrons. The zero-order chi connectivity index (χ0) is 19.3. The average molecular weight is 383 g/mol. The highest BCUT2D eigenvalue weighted by Gasteiger charge is 2.13. The summed E-state index contributed by atoms with van der Waals surface area (Å²) in [6.07, 6.45) is 1.46. The summed E-state index contributed by atoms with van der Waals surface area (Å²) in [7, 11) is 0. The summed E-state index contributed by atoms with van der Waals surface area (Å²) >= 11 is 1.33. The van der Waals surface area contributed by atoms with Gasteiger partial charge in [-0.25, -0.2) is 0 Å². The van der Waals surface area contributed by atoms with Crippen LogP contribution in [0.4, 0.5) is 17.1 Å². The van der Waals surface area contributed by atoms with Gasteiger partial charge in [0, 0.05) is 27.5 Å². The molecule has 3 nitrogen and oxygen atoms in total. The molecule has 0 fully saturated rings. The number of nitrogens with zero attached hydrogens (tertiary/aromatic N) is 1. The van der Waals surface area contributed by atoms with Gasteiger partial charge in [-0.3, -0.25) is 9.59 Å². The van der Waals surface area contributed by atoms with E-state index in [2.05, 4.69) is 41.3 Å². The van der Waals surface area contributed by atoms with Gasteiger partial charge in [0.25, 0.3) is 0 Å². The van der Waals surface area contributed by atoms with Crippen molar-refractivity contribution < 1.29 is 9.59 Å². The molecule has 3 aromatic carbocycles. The molecule has 0 radical (unpaired) electrons.